The van der Waals surface area contributed by atoms with E-state index in [4.69, 9.17) is 0 Å². The minimum atomic E-state index is -3.72. The highest BCUT2D eigenvalue weighted by Crippen LogP contribution is 2.23. The number of carbonyl (C=O) groups is 1. The van der Waals surface area contributed by atoms with Crippen LogP contribution in [0.5, 0.6) is 0 Å². The maximum Gasteiger partial charge on any atom is 0.264 e. The monoisotopic (exact) mass is 464 g/mol. The fourth-order valence-corrected chi connectivity index (χ4v) is 5.40. The van der Waals surface area contributed by atoms with Gasteiger partial charge in [-0.15, -0.1) is 0 Å². The summed E-state index contributed by atoms with van der Waals surface area (Å²) >= 11 is 0. The molecule has 2 heterocycles. The standard InChI is InChI=1S/C25H28N4O3S/c1-2-29(22-8-4-3-5-9-22)33(31,32)23-13-11-21(12-14-23)25(30)27-19-20-10-15-24(26-18-20)28-16-6-7-17-28/h3-5,8-15,18H,2,6-7,16-17,19H2,1H3,(H,27,30). The van der Waals surface area contributed by atoms with Crippen LogP contribution < -0.4 is 14.5 Å². The van der Waals surface area contributed by atoms with Crippen molar-refractivity contribution in [2.24, 2.45) is 0 Å². The lowest BCUT2D eigenvalue weighted by Gasteiger charge is -2.23. The van der Waals surface area contributed by atoms with Gasteiger partial charge in [-0.05, 0) is 67.8 Å². The first-order valence-electron chi connectivity index (χ1n) is 11.1. The summed E-state index contributed by atoms with van der Waals surface area (Å²) < 4.78 is 27.5. The molecular formula is C25H28N4O3S. The third kappa shape index (κ3) is 5.17. The predicted molar refractivity (Wildman–Crippen MR) is 130 cm³/mol. The molecule has 3 aromatic rings. The Bertz CT molecular complexity index is 1170. The zero-order chi connectivity index (χ0) is 23.3. The summed E-state index contributed by atoms with van der Waals surface area (Å²) in [5.41, 5.74) is 1.91. The number of carbonyl (C=O) groups excluding carboxylic acids is 1. The molecule has 0 aliphatic carbocycles. The summed E-state index contributed by atoms with van der Waals surface area (Å²) in [5.74, 6) is 0.703. The van der Waals surface area contributed by atoms with Gasteiger partial charge in [-0.1, -0.05) is 24.3 Å². The second-order valence-electron chi connectivity index (χ2n) is 7.93. The fraction of sp³-hybridized carbons (Fsp3) is 0.280. The molecule has 0 unspecified atom stereocenters. The molecule has 7 nitrogen and oxygen atoms in total. The molecule has 4 rings (SSSR count). The van der Waals surface area contributed by atoms with Crippen LogP contribution in [-0.4, -0.2) is 38.9 Å². The average molecular weight is 465 g/mol. The van der Waals surface area contributed by atoms with Gasteiger partial charge in [-0.25, -0.2) is 13.4 Å². The molecule has 172 valence electrons. The molecule has 8 heteroatoms. The van der Waals surface area contributed by atoms with E-state index in [0.29, 0.717) is 24.3 Å². The number of aromatic nitrogens is 1. The van der Waals surface area contributed by atoms with Gasteiger partial charge < -0.3 is 10.2 Å². The van der Waals surface area contributed by atoms with Crippen LogP contribution in [0.15, 0.2) is 77.8 Å². The number of nitrogens with zero attached hydrogens (tertiary/aromatic N) is 3. The van der Waals surface area contributed by atoms with E-state index in [-0.39, 0.29) is 10.8 Å². The van der Waals surface area contributed by atoms with Gasteiger partial charge in [-0.3, -0.25) is 9.10 Å². The number of hydrogen-bond acceptors (Lipinski definition) is 5. The molecule has 1 amide bonds. The molecule has 1 aromatic heterocycles. The zero-order valence-corrected chi connectivity index (χ0v) is 19.5. The minimum absolute atomic E-state index is 0.145. The van der Waals surface area contributed by atoms with Crippen LogP contribution in [0.2, 0.25) is 0 Å². The Hall–Kier alpha value is -3.39. The summed E-state index contributed by atoms with van der Waals surface area (Å²) in [6.07, 6.45) is 4.18. The number of pyridine rings is 1. The van der Waals surface area contributed by atoms with Crippen molar-refractivity contribution in [1.82, 2.24) is 10.3 Å². The van der Waals surface area contributed by atoms with Crippen molar-refractivity contribution < 1.29 is 13.2 Å². The minimum Gasteiger partial charge on any atom is -0.357 e. The van der Waals surface area contributed by atoms with Crippen molar-refractivity contribution in [3.63, 3.8) is 0 Å². The first kappa shape index (κ1) is 22.8. The van der Waals surface area contributed by atoms with E-state index >= 15 is 0 Å². The van der Waals surface area contributed by atoms with Gasteiger partial charge in [0.15, 0.2) is 0 Å². The van der Waals surface area contributed by atoms with E-state index in [1.165, 1.54) is 41.4 Å². The lowest BCUT2D eigenvalue weighted by atomic mass is 10.2. The summed E-state index contributed by atoms with van der Waals surface area (Å²) in [4.78, 5) is 19.5. The Balaban J connectivity index is 1.39. The van der Waals surface area contributed by atoms with E-state index in [0.717, 1.165) is 24.5 Å². The van der Waals surface area contributed by atoms with E-state index in [1.807, 2.05) is 18.2 Å². The van der Waals surface area contributed by atoms with Crippen LogP contribution in [0.25, 0.3) is 0 Å². The number of hydrogen-bond donors (Lipinski definition) is 1. The topological polar surface area (TPSA) is 82.6 Å². The Morgan fingerprint density at radius 1 is 1.00 bits per heavy atom. The maximum absolute atomic E-state index is 13.1. The first-order chi connectivity index (χ1) is 16.0. The number of anilines is 2. The molecule has 1 saturated heterocycles. The largest absolute Gasteiger partial charge is 0.357 e. The van der Waals surface area contributed by atoms with Crippen LogP contribution in [0.3, 0.4) is 0 Å². The number of benzene rings is 2. The van der Waals surface area contributed by atoms with Gasteiger partial charge in [0.05, 0.1) is 10.6 Å². The van der Waals surface area contributed by atoms with Crippen molar-refractivity contribution in [2.75, 3.05) is 28.8 Å². The van der Waals surface area contributed by atoms with E-state index in [9.17, 15) is 13.2 Å². The molecule has 0 bridgehead atoms. The third-order valence-corrected chi connectivity index (χ3v) is 7.65. The number of sulfonamides is 1. The Labute approximate surface area is 195 Å². The normalized spacial score (nSPS) is 13.7. The summed E-state index contributed by atoms with van der Waals surface area (Å²) in [6, 6.07) is 18.9. The average Bonchev–Trinajstić information content (AvgIpc) is 3.39. The highest BCUT2D eigenvalue weighted by molar-refractivity contribution is 7.92. The van der Waals surface area contributed by atoms with Gasteiger partial charge >= 0.3 is 0 Å². The van der Waals surface area contributed by atoms with Crippen molar-refractivity contribution in [3.8, 4) is 0 Å². The van der Waals surface area contributed by atoms with Crippen LogP contribution in [0.4, 0.5) is 11.5 Å². The molecule has 1 N–H and O–H groups in total. The number of rotatable bonds is 8. The Morgan fingerprint density at radius 3 is 2.30 bits per heavy atom. The summed E-state index contributed by atoms with van der Waals surface area (Å²) in [5, 5.41) is 2.87. The molecule has 1 aliphatic rings. The molecule has 0 radical (unpaired) electrons. The summed E-state index contributed by atoms with van der Waals surface area (Å²) in [6.45, 7) is 4.52. The number of nitrogens with one attached hydrogen (secondary N) is 1. The smallest absolute Gasteiger partial charge is 0.264 e. The molecule has 0 spiro atoms. The second kappa shape index (κ2) is 10.0. The maximum atomic E-state index is 13.1. The van der Waals surface area contributed by atoms with Crippen molar-refractivity contribution in [2.45, 2.75) is 31.2 Å². The van der Waals surface area contributed by atoms with E-state index in [1.54, 1.807) is 37.4 Å². The number of para-hydroxylation sites is 1. The third-order valence-electron chi connectivity index (χ3n) is 5.73. The molecule has 0 atom stereocenters. The van der Waals surface area contributed by atoms with Gasteiger partial charge in [0.25, 0.3) is 15.9 Å². The molecular weight excluding hydrogens is 436 g/mol. The first-order valence-corrected chi connectivity index (χ1v) is 12.6. The van der Waals surface area contributed by atoms with Crippen molar-refractivity contribution >= 4 is 27.4 Å². The van der Waals surface area contributed by atoms with Crippen LogP contribution in [0, 0.1) is 0 Å². The zero-order valence-electron chi connectivity index (χ0n) is 18.6. The predicted octanol–water partition coefficient (Wildman–Crippen LogP) is 3.83. The lowest BCUT2D eigenvalue weighted by Crippen LogP contribution is -2.30. The van der Waals surface area contributed by atoms with E-state index in [2.05, 4.69) is 15.2 Å². The van der Waals surface area contributed by atoms with Gasteiger partial charge in [0, 0.05) is 37.9 Å². The molecule has 1 aliphatic heterocycles. The Kier molecular flexibility index (Phi) is 6.93. The summed E-state index contributed by atoms with van der Waals surface area (Å²) in [7, 11) is -3.72. The lowest BCUT2D eigenvalue weighted by molar-refractivity contribution is 0.0951. The van der Waals surface area contributed by atoms with Crippen molar-refractivity contribution in [1.29, 1.82) is 0 Å². The second-order valence-corrected chi connectivity index (χ2v) is 9.79. The quantitative estimate of drug-likeness (QED) is 0.548. The number of amides is 1. The molecule has 33 heavy (non-hydrogen) atoms. The van der Waals surface area contributed by atoms with Crippen LogP contribution >= 0.6 is 0 Å². The SMILES string of the molecule is CCN(c1ccccc1)S(=O)(=O)c1ccc(C(=O)NCc2ccc(N3CCCC3)nc2)cc1. The molecule has 2 aromatic carbocycles. The van der Waals surface area contributed by atoms with Gasteiger partial charge in [0.2, 0.25) is 0 Å². The Morgan fingerprint density at radius 2 is 1.70 bits per heavy atom. The van der Waals surface area contributed by atoms with Gasteiger partial charge in [-0.2, -0.15) is 0 Å². The highest BCUT2D eigenvalue weighted by Gasteiger charge is 2.23. The van der Waals surface area contributed by atoms with E-state index < -0.39 is 10.0 Å². The fourth-order valence-electron chi connectivity index (χ4n) is 3.93. The van der Waals surface area contributed by atoms with Crippen molar-refractivity contribution in [3.05, 3.63) is 84.1 Å². The molecule has 1 fully saturated rings. The van der Waals surface area contributed by atoms with Crippen LogP contribution in [0.1, 0.15) is 35.7 Å². The van der Waals surface area contributed by atoms with Gasteiger partial charge in [0.1, 0.15) is 5.82 Å². The highest BCUT2D eigenvalue weighted by atomic mass is 32.2. The van der Waals surface area contributed by atoms with Crippen LogP contribution in [-0.2, 0) is 16.6 Å². The molecule has 0 saturated carbocycles.